The predicted octanol–water partition coefficient (Wildman–Crippen LogP) is 2.77. The van der Waals surface area contributed by atoms with Crippen molar-refractivity contribution >= 4 is 11.6 Å². The molecule has 3 atom stereocenters. The molecule has 7 heteroatoms. The Balaban J connectivity index is 1.97. The lowest BCUT2D eigenvalue weighted by atomic mass is 9.91. The summed E-state index contributed by atoms with van der Waals surface area (Å²) >= 11 is 0. The van der Waals surface area contributed by atoms with Crippen LogP contribution in [0.15, 0.2) is 21.3 Å². The molecule has 0 aliphatic carbocycles. The fourth-order valence-corrected chi connectivity index (χ4v) is 4.02. The van der Waals surface area contributed by atoms with Gasteiger partial charge in [-0.3, -0.25) is 9.59 Å². The second kappa shape index (κ2) is 7.21. The van der Waals surface area contributed by atoms with Crippen LogP contribution in [0, 0.1) is 25.7 Å². The maximum Gasteiger partial charge on any atom is 0.290 e. The number of anilines is 1. The Kier molecular flexibility index (Phi) is 5.13. The molecule has 0 spiro atoms. The number of nitrogens with zero attached hydrogens (tertiary/aromatic N) is 3. The minimum atomic E-state index is -0.717. The van der Waals surface area contributed by atoms with E-state index in [4.69, 9.17) is 10.2 Å². The van der Waals surface area contributed by atoms with Crippen LogP contribution in [0.3, 0.4) is 0 Å². The van der Waals surface area contributed by atoms with Gasteiger partial charge in [0.1, 0.15) is 23.2 Å². The summed E-state index contributed by atoms with van der Waals surface area (Å²) in [6.45, 7) is 11.1. The van der Waals surface area contributed by atoms with Crippen LogP contribution in [0.1, 0.15) is 44.8 Å². The second-order valence-electron chi connectivity index (χ2n) is 7.93. The maximum atomic E-state index is 13.0. The molecule has 146 valence electrons. The van der Waals surface area contributed by atoms with Gasteiger partial charge in [0, 0.05) is 18.7 Å². The number of piperidine rings is 1. The smallest absolute Gasteiger partial charge is 0.290 e. The Morgan fingerprint density at radius 3 is 2.44 bits per heavy atom. The number of carbonyl (C=O) groups is 1. The molecule has 0 radical (unpaired) electrons. The summed E-state index contributed by atoms with van der Waals surface area (Å²) in [5.41, 5.74) is 6.87. The van der Waals surface area contributed by atoms with Crippen LogP contribution in [0.5, 0.6) is 0 Å². The van der Waals surface area contributed by atoms with E-state index in [9.17, 15) is 9.59 Å². The standard InChI is InChI=1S/C20H28N4O3/c1-11-6-12(2)10-23(9-11)19(25)14(4)24-20(26)17(21)8-18(22-24)16-7-13(3)27-15(16)5/h7-8,11-12,14H,6,9-10,21H2,1-5H3/t11-,12-,14-/m1/s1. The highest BCUT2D eigenvalue weighted by Gasteiger charge is 2.30. The van der Waals surface area contributed by atoms with Gasteiger partial charge >= 0.3 is 0 Å². The average Bonchev–Trinajstić information content (AvgIpc) is 2.93. The van der Waals surface area contributed by atoms with Crippen molar-refractivity contribution in [2.24, 2.45) is 11.8 Å². The molecule has 2 aromatic heterocycles. The third kappa shape index (κ3) is 3.77. The van der Waals surface area contributed by atoms with Gasteiger partial charge in [-0.2, -0.15) is 5.10 Å². The number of aryl methyl sites for hydroxylation is 2. The maximum absolute atomic E-state index is 13.0. The number of nitrogen functional groups attached to an aromatic ring is 1. The van der Waals surface area contributed by atoms with Crippen LogP contribution < -0.4 is 11.3 Å². The van der Waals surface area contributed by atoms with E-state index in [0.717, 1.165) is 17.7 Å². The van der Waals surface area contributed by atoms with Gasteiger partial charge in [-0.05, 0) is 51.2 Å². The number of furan rings is 1. The minimum Gasteiger partial charge on any atom is -0.466 e. The number of hydrogen-bond donors (Lipinski definition) is 1. The van der Waals surface area contributed by atoms with Crippen LogP contribution in [0.25, 0.3) is 11.3 Å². The first-order chi connectivity index (χ1) is 12.7. The molecule has 27 heavy (non-hydrogen) atoms. The summed E-state index contributed by atoms with van der Waals surface area (Å²) in [5, 5.41) is 4.45. The van der Waals surface area contributed by atoms with Crippen LogP contribution in [0.4, 0.5) is 5.69 Å². The van der Waals surface area contributed by atoms with Gasteiger partial charge in [0.2, 0.25) is 5.91 Å². The van der Waals surface area contributed by atoms with Crippen molar-refractivity contribution in [3.05, 3.63) is 34.0 Å². The molecule has 1 saturated heterocycles. The van der Waals surface area contributed by atoms with E-state index in [0.29, 0.717) is 36.4 Å². The first-order valence-electron chi connectivity index (χ1n) is 9.43. The van der Waals surface area contributed by atoms with Gasteiger partial charge in [-0.1, -0.05) is 13.8 Å². The summed E-state index contributed by atoms with van der Waals surface area (Å²) in [7, 11) is 0. The Morgan fingerprint density at radius 1 is 1.26 bits per heavy atom. The molecule has 2 aromatic rings. The van der Waals surface area contributed by atoms with Gasteiger partial charge in [0.05, 0.1) is 5.69 Å². The zero-order valence-electron chi connectivity index (χ0n) is 16.7. The summed E-state index contributed by atoms with van der Waals surface area (Å²) < 4.78 is 6.77. The highest BCUT2D eigenvalue weighted by Crippen LogP contribution is 2.26. The molecule has 0 bridgehead atoms. The van der Waals surface area contributed by atoms with E-state index in [1.54, 1.807) is 13.0 Å². The molecular weight excluding hydrogens is 344 g/mol. The predicted molar refractivity (Wildman–Crippen MR) is 104 cm³/mol. The third-order valence-electron chi connectivity index (χ3n) is 5.18. The van der Waals surface area contributed by atoms with Crippen LogP contribution >= 0.6 is 0 Å². The monoisotopic (exact) mass is 372 g/mol. The Bertz CT molecular complexity index is 904. The number of hydrogen-bond acceptors (Lipinski definition) is 5. The van der Waals surface area contributed by atoms with Gasteiger partial charge in [0.25, 0.3) is 5.56 Å². The van der Waals surface area contributed by atoms with E-state index in [2.05, 4.69) is 18.9 Å². The van der Waals surface area contributed by atoms with Gasteiger partial charge < -0.3 is 15.1 Å². The summed E-state index contributed by atoms with van der Waals surface area (Å²) in [6.07, 6.45) is 1.11. The number of rotatable bonds is 3. The Labute approximate surface area is 159 Å². The van der Waals surface area contributed by atoms with E-state index >= 15 is 0 Å². The molecule has 3 rings (SSSR count). The highest BCUT2D eigenvalue weighted by molar-refractivity contribution is 5.80. The van der Waals surface area contributed by atoms with E-state index in [1.807, 2.05) is 24.8 Å². The Hall–Kier alpha value is -2.57. The molecule has 2 N–H and O–H groups in total. The van der Waals surface area contributed by atoms with Crippen LogP contribution in [0.2, 0.25) is 0 Å². The summed E-state index contributed by atoms with van der Waals surface area (Å²) in [6, 6.07) is 2.68. The molecular formula is C20H28N4O3. The average molecular weight is 372 g/mol. The molecule has 1 aliphatic heterocycles. The van der Waals surface area contributed by atoms with Crippen molar-refractivity contribution in [2.45, 2.75) is 47.1 Å². The number of likely N-dealkylation sites (tertiary alicyclic amines) is 1. The number of nitrogens with two attached hydrogens (primary N) is 1. The topological polar surface area (TPSA) is 94.4 Å². The lowest BCUT2D eigenvalue weighted by Gasteiger charge is -2.36. The van der Waals surface area contributed by atoms with E-state index in [1.165, 1.54) is 4.68 Å². The molecule has 0 aromatic carbocycles. The van der Waals surface area contributed by atoms with E-state index < -0.39 is 11.6 Å². The molecule has 0 unspecified atom stereocenters. The van der Waals surface area contributed by atoms with Gasteiger partial charge in [-0.15, -0.1) is 0 Å². The quantitative estimate of drug-likeness (QED) is 0.894. The fraction of sp³-hybridized carbons (Fsp3) is 0.550. The lowest BCUT2D eigenvalue weighted by Crippen LogP contribution is -2.47. The molecule has 0 saturated carbocycles. The number of aromatic nitrogens is 2. The lowest BCUT2D eigenvalue weighted by molar-refractivity contribution is -0.137. The number of amides is 1. The van der Waals surface area contributed by atoms with E-state index in [-0.39, 0.29) is 11.6 Å². The van der Waals surface area contributed by atoms with Crippen LogP contribution in [-0.2, 0) is 4.79 Å². The third-order valence-corrected chi connectivity index (χ3v) is 5.18. The highest BCUT2D eigenvalue weighted by atomic mass is 16.3. The molecule has 7 nitrogen and oxygen atoms in total. The van der Waals surface area contributed by atoms with Gasteiger partial charge in [-0.25, -0.2) is 4.68 Å². The minimum absolute atomic E-state index is 0.0679. The second-order valence-corrected chi connectivity index (χ2v) is 7.93. The zero-order valence-corrected chi connectivity index (χ0v) is 16.7. The van der Waals surface area contributed by atoms with Crippen molar-refractivity contribution in [1.82, 2.24) is 14.7 Å². The Morgan fingerprint density at radius 2 is 1.89 bits per heavy atom. The van der Waals surface area contributed by atoms with Crippen molar-refractivity contribution < 1.29 is 9.21 Å². The van der Waals surface area contributed by atoms with Crippen LogP contribution in [-0.4, -0.2) is 33.7 Å². The normalized spacial score (nSPS) is 21.3. The molecule has 1 fully saturated rings. The first kappa shape index (κ1) is 19.2. The molecule has 3 heterocycles. The van der Waals surface area contributed by atoms with Crippen molar-refractivity contribution in [1.29, 1.82) is 0 Å². The summed E-state index contributed by atoms with van der Waals surface area (Å²) in [4.78, 5) is 27.5. The van der Waals surface area contributed by atoms with Crippen molar-refractivity contribution in [2.75, 3.05) is 18.8 Å². The van der Waals surface area contributed by atoms with Gasteiger partial charge in [0.15, 0.2) is 0 Å². The van der Waals surface area contributed by atoms with Crippen molar-refractivity contribution in [3.8, 4) is 11.3 Å². The van der Waals surface area contributed by atoms with Crippen molar-refractivity contribution in [3.63, 3.8) is 0 Å². The molecule has 1 amide bonds. The molecule has 1 aliphatic rings. The largest absolute Gasteiger partial charge is 0.466 e. The number of carbonyl (C=O) groups excluding carboxylic acids is 1. The zero-order chi connectivity index (χ0) is 19.9. The SMILES string of the molecule is Cc1cc(-c2cc(N)c(=O)n([C@H](C)C(=O)N3C[C@H](C)C[C@@H](C)C3)n2)c(C)o1. The fourth-order valence-electron chi connectivity index (χ4n) is 4.02. The summed E-state index contributed by atoms with van der Waals surface area (Å²) in [5.74, 6) is 2.24. The first-order valence-corrected chi connectivity index (χ1v) is 9.43.